The molecule has 3 nitrogen and oxygen atoms in total. The Labute approximate surface area is 99.4 Å². The molecule has 1 saturated carbocycles. The Bertz CT molecular complexity index is 210. The van der Waals surface area contributed by atoms with Crippen molar-refractivity contribution >= 4 is 5.91 Å². The van der Waals surface area contributed by atoms with Gasteiger partial charge in [0.1, 0.15) is 0 Å². The highest BCUT2D eigenvalue weighted by Crippen LogP contribution is 2.17. The maximum atomic E-state index is 11.7. The molecule has 3 heteroatoms. The van der Waals surface area contributed by atoms with Crippen molar-refractivity contribution in [1.82, 2.24) is 10.6 Å². The van der Waals surface area contributed by atoms with Crippen LogP contribution in [0.1, 0.15) is 52.9 Å². The minimum absolute atomic E-state index is 0.152. The van der Waals surface area contributed by atoms with E-state index in [1.807, 2.05) is 0 Å². The van der Waals surface area contributed by atoms with Crippen LogP contribution in [-0.4, -0.2) is 24.5 Å². The normalized spacial score (nSPS) is 19.8. The summed E-state index contributed by atoms with van der Waals surface area (Å²) in [4.78, 5) is 11.7. The maximum absolute atomic E-state index is 11.7. The minimum atomic E-state index is 0.152. The predicted octanol–water partition coefficient (Wildman–Crippen LogP) is 2.07. The highest BCUT2D eigenvalue weighted by molar-refractivity contribution is 5.78. The Balaban J connectivity index is 2.14. The molecule has 0 aliphatic heterocycles. The molecular weight excluding hydrogens is 200 g/mol. The summed E-state index contributed by atoms with van der Waals surface area (Å²) in [5.74, 6) is 0.724. The van der Waals surface area contributed by atoms with Crippen LogP contribution in [0.5, 0.6) is 0 Å². The van der Waals surface area contributed by atoms with Crippen molar-refractivity contribution in [3.63, 3.8) is 0 Å². The zero-order valence-electron chi connectivity index (χ0n) is 10.9. The molecule has 94 valence electrons. The summed E-state index contributed by atoms with van der Waals surface area (Å²) in [5, 5.41) is 6.37. The lowest BCUT2D eigenvalue weighted by Crippen LogP contribution is -2.44. The van der Waals surface area contributed by atoms with Gasteiger partial charge >= 0.3 is 0 Å². The van der Waals surface area contributed by atoms with E-state index in [1.165, 1.54) is 19.3 Å². The molecular formula is C13H26N2O. The van der Waals surface area contributed by atoms with E-state index in [1.54, 1.807) is 0 Å². The number of carbonyl (C=O) groups is 1. The molecule has 0 heterocycles. The van der Waals surface area contributed by atoms with E-state index in [4.69, 9.17) is 0 Å². The molecule has 0 radical (unpaired) electrons. The van der Waals surface area contributed by atoms with Crippen molar-refractivity contribution in [2.24, 2.45) is 5.92 Å². The molecule has 0 aromatic carbocycles. The Morgan fingerprint density at radius 3 is 2.38 bits per heavy atom. The maximum Gasteiger partial charge on any atom is 0.234 e. The predicted molar refractivity (Wildman–Crippen MR) is 67.3 cm³/mol. The first kappa shape index (κ1) is 13.5. The minimum Gasteiger partial charge on any atom is -0.352 e. The van der Waals surface area contributed by atoms with Crippen molar-refractivity contribution in [3.05, 3.63) is 0 Å². The summed E-state index contributed by atoms with van der Waals surface area (Å²) in [7, 11) is 0. The van der Waals surface area contributed by atoms with Crippen LogP contribution in [-0.2, 0) is 4.79 Å². The first-order valence-electron chi connectivity index (χ1n) is 6.62. The highest BCUT2D eigenvalue weighted by atomic mass is 16.1. The second kappa shape index (κ2) is 6.89. The zero-order chi connectivity index (χ0) is 12.0. The first-order chi connectivity index (χ1) is 7.59. The Hall–Kier alpha value is -0.570. The van der Waals surface area contributed by atoms with Gasteiger partial charge in [0, 0.05) is 12.1 Å². The Kier molecular flexibility index (Phi) is 5.81. The van der Waals surface area contributed by atoms with E-state index >= 15 is 0 Å². The number of hydrogen-bond acceptors (Lipinski definition) is 2. The van der Waals surface area contributed by atoms with Crippen LogP contribution in [0, 0.1) is 5.92 Å². The number of nitrogens with one attached hydrogen (secondary N) is 2. The lowest BCUT2D eigenvalue weighted by molar-refractivity contribution is -0.121. The average Bonchev–Trinajstić information content (AvgIpc) is 2.27. The van der Waals surface area contributed by atoms with Crippen LogP contribution < -0.4 is 10.6 Å². The van der Waals surface area contributed by atoms with Gasteiger partial charge in [0.15, 0.2) is 0 Å². The van der Waals surface area contributed by atoms with Gasteiger partial charge in [-0.1, -0.05) is 33.1 Å². The van der Waals surface area contributed by atoms with Crippen molar-refractivity contribution in [2.75, 3.05) is 6.54 Å². The summed E-state index contributed by atoms with van der Waals surface area (Å²) < 4.78 is 0. The third-order valence-corrected chi connectivity index (χ3v) is 3.55. The fourth-order valence-electron chi connectivity index (χ4n) is 2.02. The smallest absolute Gasteiger partial charge is 0.234 e. The summed E-state index contributed by atoms with van der Waals surface area (Å²) in [6, 6.07) is 0.828. The van der Waals surface area contributed by atoms with Crippen LogP contribution in [0.3, 0.4) is 0 Å². The number of carbonyl (C=O) groups excluding carboxylic acids is 1. The molecule has 0 aromatic rings. The summed E-state index contributed by atoms with van der Waals surface area (Å²) in [5.41, 5.74) is 0. The van der Waals surface area contributed by atoms with Crippen molar-refractivity contribution in [2.45, 2.75) is 65.0 Å². The molecule has 1 unspecified atom stereocenters. The van der Waals surface area contributed by atoms with E-state index in [9.17, 15) is 4.79 Å². The van der Waals surface area contributed by atoms with Gasteiger partial charge in [-0.25, -0.2) is 0 Å². The van der Waals surface area contributed by atoms with Gasteiger partial charge in [0.05, 0.1) is 6.54 Å². The number of hydrogen-bond donors (Lipinski definition) is 2. The monoisotopic (exact) mass is 226 g/mol. The lowest BCUT2D eigenvalue weighted by atomic mass is 9.95. The number of amides is 1. The molecule has 1 aliphatic rings. The quantitative estimate of drug-likeness (QED) is 0.753. The average molecular weight is 226 g/mol. The second-order valence-electron chi connectivity index (χ2n) is 5.32. The Morgan fingerprint density at radius 1 is 1.19 bits per heavy atom. The van der Waals surface area contributed by atoms with Crippen LogP contribution >= 0.6 is 0 Å². The van der Waals surface area contributed by atoms with Gasteiger partial charge in [-0.05, 0) is 25.7 Å². The molecule has 1 atom stereocenters. The fourth-order valence-corrected chi connectivity index (χ4v) is 2.02. The Morgan fingerprint density at radius 2 is 1.81 bits per heavy atom. The van der Waals surface area contributed by atoms with E-state index in [0.29, 0.717) is 24.5 Å². The van der Waals surface area contributed by atoms with Crippen LogP contribution in [0.25, 0.3) is 0 Å². The van der Waals surface area contributed by atoms with E-state index in [2.05, 4.69) is 31.4 Å². The lowest BCUT2D eigenvalue weighted by Gasteiger charge is -2.23. The molecule has 0 saturated heterocycles. The molecule has 16 heavy (non-hydrogen) atoms. The van der Waals surface area contributed by atoms with E-state index < -0.39 is 0 Å². The largest absolute Gasteiger partial charge is 0.352 e. The summed E-state index contributed by atoms with van der Waals surface area (Å²) in [6.45, 7) is 6.90. The third kappa shape index (κ3) is 4.97. The molecule has 0 spiro atoms. The molecule has 0 bridgehead atoms. The molecule has 2 N–H and O–H groups in total. The number of rotatable bonds is 5. The van der Waals surface area contributed by atoms with E-state index in [-0.39, 0.29) is 5.91 Å². The standard InChI is InChI=1S/C13H26N2O/c1-10(2)11(3)14-9-13(16)15-12-7-5-4-6-8-12/h10-12,14H,4-9H2,1-3H3,(H,15,16). The molecule has 1 rings (SSSR count). The van der Waals surface area contributed by atoms with Gasteiger partial charge in [0.2, 0.25) is 5.91 Å². The third-order valence-electron chi connectivity index (χ3n) is 3.55. The van der Waals surface area contributed by atoms with Gasteiger partial charge in [-0.15, -0.1) is 0 Å². The van der Waals surface area contributed by atoms with Gasteiger partial charge in [-0.2, -0.15) is 0 Å². The summed E-state index contributed by atoms with van der Waals surface area (Å²) in [6.07, 6.45) is 6.17. The van der Waals surface area contributed by atoms with Gasteiger partial charge < -0.3 is 10.6 Å². The van der Waals surface area contributed by atoms with Crippen molar-refractivity contribution in [1.29, 1.82) is 0 Å². The van der Waals surface area contributed by atoms with Crippen LogP contribution in [0.4, 0.5) is 0 Å². The van der Waals surface area contributed by atoms with E-state index in [0.717, 1.165) is 12.8 Å². The molecule has 0 aromatic heterocycles. The van der Waals surface area contributed by atoms with Gasteiger partial charge in [-0.3, -0.25) is 4.79 Å². The van der Waals surface area contributed by atoms with Crippen LogP contribution in [0.15, 0.2) is 0 Å². The van der Waals surface area contributed by atoms with Gasteiger partial charge in [0.25, 0.3) is 0 Å². The first-order valence-corrected chi connectivity index (χ1v) is 6.62. The molecule has 1 amide bonds. The molecule has 1 aliphatic carbocycles. The van der Waals surface area contributed by atoms with Crippen LogP contribution in [0.2, 0.25) is 0 Å². The SMILES string of the molecule is CC(C)C(C)NCC(=O)NC1CCCCC1. The van der Waals surface area contributed by atoms with Crippen molar-refractivity contribution < 1.29 is 4.79 Å². The highest BCUT2D eigenvalue weighted by Gasteiger charge is 2.16. The second-order valence-corrected chi connectivity index (χ2v) is 5.32. The van der Waals surface area contributed by atoms with Crippen molar-refractivity contribution in [3.8, 4) is 0 Å². The topological polar surface area (TPSA) is 41.1 Å². The summed E-state index contributed by atoms with van der Waals surface area (Å²) >= 11 is 0. The molecule has 1 fully saturated rings. The fraction of sp³-hybridized carbons (Fsp3) is 0.923. The zero-order valence-corrected chi connectivity index (χ0v) is 10.9.